The number of amides is 1. The molecule has 5 heteroatoms. The molecule has 0 atom stereocenters. The van der Waals surface area contributed by atoms with Crippen molar-refractivity contribution in [2.75, 3.05) is 5.32 Å². The van der Waals surface area contributed by atoms with Crippen LogP contribution in [-0.4, -0.2) is 21.9 Å². The van der Waals surface area contributed by atoms with Crippen molar-refractivity contribution >= 4 is 11.6 Å². The minimum absolute atomic E-state index is 0.300. The summed E-state index contributed by atoms with van der Waals surface area (Å²) in [6.45, 7) is 1.94. The number of nitrogens with two attached hydrogens (primary N) is 1. The van der Waals surface area contributed by atoms with Crippen LogP contribution in [0.15, 0.2) is 6.20 Å². The number of nitrogens with zero attached hydrogens (tertiary/aromatic N) is 2. The predicted molar refractivity (Wildman–Crippen MR) is 56.6 cm³/mol. The maximum Gasteiger partial charge on any atom is 0.269 e. The number of aryl methyl sites for hydroxylation is 1. The van der Waals surface area contributed by atoms with Gasteiger partial charge in [-0.1, -0.05) is 6.92 Å². The summed E-state index contributed by atoms with van der Waals surface area (Å²) >= 11 is 0. The third-order valence-corrected chi connectivity index (χ3v) is 2.33. The minimum atomic E-state index is -0.504. The lowest BCUT2D eigenvalue weighted by atomic mass is 10.3. The van der Waals surface area contributed by atoms with Gasteiger partial charge in [-0.25, -0.2) is 9.97 Å². The lowest BCUT2D eigenvalue weighted by Gasteiger charge is -2.08. The van der Waals surface area contributed by atoms with E-state index in [-0.39, 0.29) is 0 Å². The quantitative estimate of drug-likeness (QED) is 0.760. The van der Waals surface area contributed by atoms with Crippen LogP contribution < -0.4 is 11.1 Å². The molecule has 1 saturated carbocycles. The molecule has 3 N–H and O–H groups in total. The molecule has 0 aromatic carbocycles. The molecule has 80 valence electrons. The van der Waals surface area contributed by atoms with Gasteiger partial charge < -0.3 is 11.1 Å². The van der Waals surface area contributed by atoms with Crippen molar-refractivity contribution in [1.82, 2.24) is 9.97 Å². The SMILES string of the molecule is CCc1ncc(NC2CC2)c(C(N)=O)n1. The Hall–Kier alpha value is -1.65. The number of primary amides is 1. The summed E-state index contributed by atoms with van der Waals surface area (Å²) in [6.07, 6.45) is 4.61. The van der Waals surface area contributed by atoms with Crippen molar-refractivity contribution in [2.24, 2.45) is 5.73 Å². The van der Waals surface area contributed by atoms with Gasteiger partial charge in [0, 0.05) is 12.5 Å². The van der Waals surface area contributed by atoms with Gasteiger partial charge in [-0.3, -0.25) is 4.79 Å². The van der Waals surface area contributed by atoms with Gasteiger partial charge in [-0.2, -0.15) is 0 Å². The molecule has 1 aromatic heterocycles. The molecule has 1 fully saturated rings. The summed E-state index contributed by atoms with van der Waals surface area (Å²) in [5.74, 6) is 0.139. The Morgan fingerprint density at radius 1 is 1.67 bits per heavy atom. The Balaban J connectivity index is 2.29. The predicted octanol–water partition coefficient (Wildman–Crippen LogP) is 0.712. The van der Waals surface area contributed by atoms with E-state index in [0.29, 0.717) is 29.7 Å². The minimum Gasteiger partial charge on any atom is -0.379 e. The molecular formula is C10H14N4O. The Labute approximate surface area is 88.1 Å². The Kier molecular flexibility index (Phi) is 2.53. The van der Waals surface area contributed by atoms with Crippen molar-refractivity contribution in [2.45, 2.75) is 32.2 Å². The lowest BCUT2D eigenvalue weighted by Crippen LogP contribution is -2.18. The number of carbonyl (C=O) groups is 1. The van der Waals surface area contributed by atoms with Crippen molar-refractivity contribution < 1.29 is 4.79 Å². The second-order valence-corrected chi connectivity index (χ2v) is 3.68. The number of nitrogens with one attached hydrogen (secondary N) is 1. The van der Waals surface area contributed by atoms with E-state index >= 15 is 0 Å². The van der Waals surface area contributed by atoms with Crippen LogP contribution in [0.4, 0.5) is 5.69 Å². The number of anilines is 1. The third kappa shape index (κ3) is 2.23. The maximum atomic E-state index is 11.2. The molecule has 0 unspecified atom stereocenters. The van der Waals surface area contributed by atoms with Crippen LogP contribution in [0.2, 0.25) is 0 Å². The summed E-state index contributed by atoms with van der Waals surface area (Å²) < 4.78 is 0. The molecule has 1 heterocycles. The van der Waals surface area contributed by atoms with Crippen LogP contribution in [-0.2, 0) is 6.42 Å². The van der Waals surface area contributed by atoms with E-state index in [1.807, 2.05) is 6.92 Å². The smallest absolute Gasteiger partial charge is 0.269 e. The van der Waals surface area contributed by atoms with Crippen LogP contribution in [0, 0.1) is 0 Å². The largest absolute Gasteiger partial charge is 0.379 e. The number of hydrogen-bond acceptors (Lipinski definition) is 4. The lowest BCUT2D eigenvalue weighted by molar-refractivity contribution is 0.0996. The Morgan fingerprint density at radius 2 is 2.40 bits per heavy atom. The van der Waals surface area contributed by atoms with Gasteiger partial charge >= 0.3 is 0 Å². The van der Waals surface area contributed by atoms with Crippen LogP contribution in [0.3, 0.4) is 0 Å². The first-order valence-corrected chi connectivity index (χ1v) is 5.13. The maximum absolute atomic E-state index is 11.2. The van der Waals surface area contributed by atoms with Gasteiger partial charge in [0.15, 0.2) is 5.69 Å². The summed E-state index contributed by atoms with van der Waals surface area (Å²) in [5.41, 5.74) is 6.22. The molecule has 1 aliphatic rings. The number of rotatable bonds is 4. The average Bonchev–Trinajstić information content (AvgIpc) is 3.02. The summed E-state index contributed by atoms with van der Waals surface area (Å²) in [6, 6.07) is 0.458. The fourth-order valence-corrected chi connectivity index (χ4v) is 1.33. The second kappa shape index (κ2) is 3.84. The number of hydrogen-bond donors (Lipinski definition) is 2. The highest BCUT2D eigenvalue weighted by Crippen LogP contribution is 2.25. The molecule has 1 amide bonds. The van der Waals surface area contributed by atoms with Crippen LogP contribution >= 0.6 is 0 Å². The van der Waals surface area contributed by atoms with E-state index < -0.39 is 5.91 Å². The zero-order valence-corrected chi connectivity index (χ0v) is 8.66. The van der Waals surface area contributed by atoms with Gasteiger partial charge in [0.2, 0.25) is 0 Å². The van der Waals surface area contributed by atoms with Gasteiger partial charge in [0.1, 0.15) is 5.82 Å². The Bertz CT molecular complexity index is 387. The fourth-order valence-electron chi connectivity index (χ4n) is 1.33. The summed E-state index contributed by atoms with van der Waals surface area (Å²) in [4.78, 5) is 19.4. The third-order valence-electron chi connectivity index (χ3n) is 2.33. The molecule has 1 aliphatic carbocycles. The van der Waals surface area contributed by atoms with Crippen LogP contribution in [0.5, 0.6) is 0 Å². The zero-order chi connectivity index (χ0) is 10.8. The fraction of sp³-hybridized carbons (Fsp3) is 0.500. The zero-order valence-electron chi connectivity index (χ0n) is 8.66. The van der Waals surface area contributed by atoms with Gasteiger partial charge in [-0.05, 0) is 12.8 Å². The van der Waals surface area contributed by atoms with Crippen molar-refractivity contribution in [3.05, 3.63) is 17.7 Å². The molecule has 0 aliphatic heterocycles. The molecule has 5 nitrogen and oxygen atoms in total. The van der Waals surface area contributed by atoms with E-state index in [0.717, 1.165) is 12.8 Å². The highest BCUT2D eigenvalue weighted by atomic mass is 16.1. The molecule has 0 spiro atoms. The highest BCUT2D eigenvalue weighted by Gasteiger charge is 2.23. The molecular weight excluding hydrogens is 192 g/mol. The summed E-state index contributed by atoms with van der Waals surface area (Å²) in [5, 5.41) is 3.19. The first-order chi connectivity index (χ1) is 7.20. The molecule has 0 saturated heterocycles. The van der Waals surface area contributed by atoms with Crippen LogP contribution in [0.25, 0.3) is 0 Å². The van der Waals surface area contributed by atoms with Crippen molar-refractivity contribution in [3.8, 4) is 0 Å². The van der Waals surface area contributed by atoms with Gasteiger partial charge in [0.05, 0.1) is 11.9 Å². The number of aromatic nitrogens is 2. The molecule has 0 bridgehead atoms. The van der Waals surface area contributed by atoms with Gasteiger partial charge in [0.25, 0.3) is 5.91 Å². The van der Waals surface area contributed by atoms with Gasteiger partial charge in [-0.15, -0.1) is 0 Å². The molecule has 0 radical (unpaired) electrons. The average molecular weight is 206 g/mol. The Morgan fingerprint density at radius 3 is 2.93 bits per heavy atom. The van der Waals surface area contributed by atoms with E-state index in [1.165, 1.54) is 0 Å². The molecule has 2 rings (SSSR count). The molecule has 1 aromatic rings. The van der Waals surface area contributed by atoms with E-state index in [9.17, 15) is 4.79 Å². The number of carbonyl (C=O) groups excluding carboxylic acids is 1. The molecule has 15 heavy (non-hydrogen) atoms. The second-order valence-electron chi connectivity index (χ2n) is 3.68. The van der Waals surface area contributed by atoms with E-state index in [1.54, 1.807) is 6.20 Å². The normalized spacial score (nSPS) is 15.0. The first-order valence-electron chi connectivity index (χ1n) is 5.13. The van der Waals surface area contributed by atoms with E-state index in [2.05, 4.69) is 15.3 Å². The summed E-state index contributed by atoms with van der Waals surface area (Å²) in [7, 11) is 0. The topological polar surface area (TPSA) is 80.9 Å². The van der Waals surface area contributed by atoms with Crippen LogP contribution in [0.1, 0.15) is 36.1 Å². The van der Waals surface area contributed by atoms with E-state index in [4.69, 9.17) is 5.73 Å². The highest BCUT2D eigenvalue weighted by molar-refractivity contribution is 5.96. The van der Waals surface area contributed by atoms with Crippen molar-refractivity contribution in [1.29, 1.82) is 0 Å². The standard InChI is InChI=1S/C10H14N4O/c1-2-8-12-5-7(13-6-3-4-6)9(14-8)10(11)15/h5-6,13H,2-4H2,1H3,(H2,11,15). The monoisotopic (exact) mass is 206 g/mol. The van der Waals surface area contributed by atoms with Crippen molar-refractivity contribution in [3.63, 3.8) is 0 Å². The first kappa shape index (κ1) is 9.89.